The molecule has 1 N–H and O–H groups in total. The first-order chi connectivity index (χ1) is 14.4. The lowest BCUT2D eigenvalue weighted by Gasteiger charge is -2.11. The number of hydrogen-bond acceptors (Lipinski definition) is 4. The summed E-state index contributed by atoms with van der Waals surface area (Å²) < 4.78 is 6.76. The molecule has 0 aliphatic rings. The number of benzene rings is 2. The van der Waals surface area contributed by atoms with Gasteiger partial charge in [-0.25, -0.2) is 4.79 Å². The van der Waals surface area contributed by atoms with Crippen molar-refractivity contribution < 1.29 is 14.3 Å². The smallest absolute Gasteiger partial charge is 0.337 e. The number of ether oxygens (including phenoxy) is 1. The van der Waals surface area contributed by atoms with Crippen LogP contribution in [0.25, 0.3) is 11.8 Å². The number of hydrogen-bond donors (Lipinski definition) is 1. The van der Waals surface area contributed by atoms with Gasteiger partial charge in [0.1, 0.15) is 11.6 Å². The lowest BCUT2D eigenvalue weighted by molar-refractivity contribution is -0.112. The van der Waals surface area contributed by atoms with Crippen LogP contribution in [0.15, 0.2) is 66.2 Å². The normalized spacial score (nSPS) is 10.9. The molecule has 0 aliphatic carbocycles. The summed E-state index contributed by atoms with van der Waals surface area (Å²) in [5.41, 5.74) is 4.35. The molecule has 0 saturated carbocycles. The largest absolute Gasteiger partial charge is 0.465 e. The Hall–Kier alpha value is -4.11. The van der Waals surface area contributed by atoms with Crippen LogP contribution in [0.1, 0.15) is 27.3 Å². The van der Waals surface area contributed by atoms with Crippen molar-refractivity contribution in [3.05, 3.63) is 88.8 Å². The number of anilines is 1. The SMILES string of the molecule is COC(=O)c1cccc(-n2c(C)cc(/C=C(\C#N)C(=O)Nc3ccccc3)c2C)c1. The van der Waals surface area contributed by atoms with Crippen LogP contribution in [0.4, 0.5) is 5.69 Å². The van der Waals surface area contributed by atoms with Gasteiger partial charge >= 0.3 is 5.97 Å². The molecule has 3 aromatic rings. The average Bonchev–Trinajstić information content (AvgIpc) is 3.04. The minimum atomic E-state index is -0.471. The molecule has 2 aromatic carbocycles. The van der Waals surface area contributed by atoms with E-state index in [-0.39, 0.29) is 5.57 Å². The topological polar surface area (TPSA) is 84.1 Å². The predicted octanol–water partition coefficient (Wildman–Crippen LogP) is 4.43. The van der Waals surface area contributed by atoms with Crippen LogP contribution in [0.2, 0.25) is 0 Å². The number of methoxy groups -OCH3 is 1. The highest BCUT2D eigenvalue weighted by Gasteiger charge is 2.15. The number of carbonyl (C=O) groups is 2. The zero-order valence-corrected chi connectivity index (χ0v) is 17.0. The summed E-state index contributed by atoms with van der Waals surface area (Å²) in [6.07, 6.45) is 1.57. The molecule has 1 heterocycles. The fourth-order valence-corrected chi connectivity index (χ4v) is 3.24. The van der Waals surface area contributed by atoms with Crippen molar-refractivity contribution in [2.45, 2.75) is 13.8 Å². The van der Waals surface area contributed by atoms with E-state index in [1.165, 1.54) is 7.11 Å². The van der Waals surface area contributed by atoms with Crippen molar-refractivity contribution >= 4 is 23.6 Å². The van der Waals surface area contributed by atoms with E-state index >= 15 is 0 Å². The zero-order chi connectivity index (χ0) is 21.7. The molecule has 0 bridgehead atoms. The second-order valence-corrected chi connectivity index (χ2v) is 6.69. The van der Waals surface area contributed by atoms with Gasteiger partial charge in [-0.3, -0.25) is 4.79 Å². The highest BCUT2D eigenvalue weighted by molar-refractivity contribution is 6.09. The van der Waals surface area contributed by atoms with E-state index in [4.69, 9.17) is 4.74 Å². The second-order valence-electron chi connectivity index (χ2n) is 6.69. The van der Waals surface area contributed by atoms with Crippen molar-refractivity contribution in [3.8, 4) is 11.8 Å². The first-order valence-electron chi connectivity index (χ1n) is 9.30. The highest BCUT2D eigenvalue weighted by atomic mass is 16.5. The number of nitrogens with one attached hydrogen (secondary N) is 1. The maximum atomic E-state index is 12.5. The molecule has 3 rings (SSSR count). The minimum absolute atomic E-state index is 0.00224. The van der Waals surface area contributed by atoms with Crippen molar-refractivity contribution in [2.75, 3.05) is 12.4 Å². The summed E-state index contributed by atoms with van der Waals surface area (Å²) >= 11 is 0. The molecule has 0 atom stereocenters. The Labute approximate surface area is 175 Å². The first-order valence-corrected chi connectivity index (χ1v) is 9.30. The van der Waals surface area contributed by atoms with E-state index in [0.717, 1.165) is 22.6 Å². The summed E-state index contributed by atoms with van der Waals surface area (Å²) in [4.78, 5) is 24.4. The fraction of sp³-hybridized carbons (Fsp3) is 0.125. The summed E-state index contributed by atoms with van der Waals surface area (Å²) in [7, 11) is 1.34. The van der Waals surface area contributed by atoms with Gasteiger partial charge in [0.15, 0.2) is 0 Å². The maximum absolute atomic E-state index is 12.5. The van der Waals surface area contributed by atoms with Gasteiger partial charge in [0, 0.05) is 22.8 Å². The highest BCUT2D eigenvalue weighted by Crippen LogP contribution is 2.24. The summed E-state index contributed by atoms with van der Waals surface area (Å²) in [6, 6.07) is 19.9. The quantitative estimate of drug-likeness (QED) is 0.391. The van der Waals surface area contributed by atoms with Crippen LogP contribution in [0.5, 0.6) is 0 Å². The Morgan fingerprint density at radius 2 is 1.80 bits per heavy atom. The molecule has 1 aromatic heterocycles. The van der Waals surface area contributed by atoms with Gasteiger partial charge in [-0.1, -0.05) is 24.3 Å². The molecule has 0 unspecified atom stereocenters. The van der Waals surface area contributed by atoms with Gasteiger partial charge in [-0.15, -0.1) is 0 Å². The molecule has 6 heteroatoms. The molecule has 0 spiro atoms. The van der Waals surface area contributed by atoms with E-state index < -0.39 is 11.9 Å². The number of aromatic nitrogens is 1. The lowest BCUT2D eigenvalue weighted by atomic mass is 10.1. The zero-order valence-electron chi connectivity index (χ0n) is 17.0. The molecular formula is C24H21N3O3. The molecule has 0 fully saturated rings. The molecule has 0 saturated heterocycles. The van der Waals surface area contributed by atoms with Crippen LogP contribution in [-0.2, 0) is 9.53 Å². The van der Waals surface area contributed by atoms with Crippen LogP contribution >= 0.6 is 0 Å². The van der Waals surface area contributed by atoms with Crippen molar-refractivity contribution in [2.24, 2.45) is 0 Å². The monoisotopic (exact) mass is 399 g/mol. The fourth-order valence-electron chi connectivity index (χ4n) is 3.24. The van der Waals surface area contributed by atoms with Gasteiger partial charge in [0.05, 0.1) is 12.7 Å². The molecule has 6 nitrogen and oxygen atoms in total. The molecule has 30 heavy (non-hydrogen) atoms. The molecule has 0 aliphatic heterocycles. The van der Waals surface area contributed by atoms with E-state index in [0.29, 0.717) is 11.3 Å². The van der Waals surface area contributed by atoms with Crippen molar-refractivity contribution in [3.63, 3.8) is 0 Å². The molecule has 150 valence electrons. The standard InChI is InChI=1S/C24H21N3O3/c1-16-12-19(13-20(15-25)23(28)26-21-9-5-4-6-10-21)17(2)27(16)22-11-7-8-18(14-22)24(29)30-3/h4-14H,1-3H3,(H,26,28)/b20-13+. The maximum Gasteiger partial charge on any atom is 0.337 e. The summed E-state index contributed by atoms with van der Waals surface area (Å²) in [5, 5.41) is 12.2. The van der Waals surface area contributed by atoms with Gasteiger partial charge in [0.25, 0.3) is 5.91 Å². The first kappa shape index (κ1) is 20.6. The number of carbonyl (C=O) groups excluding carboxylic acids is 2. The number of nitrogens with zero attached hydrogens (tertiary/aromatic N) is 2. The van der Waals surface area contributed by atoms with Gasteiger partial charge in [-0.2, -0.15) is 5.26 Å². The summed E-state index contributed by atoms with van der Waals surface area (Å²) in [5.74, 6) is -0.884. The number of aryl methyl sites for hydroxylation is 1. The Kier molecular flexibility index (Phi) is 6.14. The van der Waals surface area contributed by atoms with E-state index in [9.17, 15) is 14.9 Å². The Bertz CT molecular complexity index is 1170. The predicted molar refractivity (Wildman–Crippen MR) is 115 cm³/mol. The van der Waals surface area contributed by atoms with E-state index in [1.54, 1.807) is 48.5 Å². The molecule has 0 radical (unpaired) electrons. The number of para-hydroxylation sites is 1. The summed E-state index contributed by atoms with van der Waals surface area (Å²) in [6.45, 7) is 3.82. The van der Waals surface area contributed by atoms with Crippen molar-refractivity contribution in [1.82, 2.24) is 4.57 Å². The average molecular weight is 399 g/mol. The molecular weight excluding hydrogens is 378 g/mol. The second kappa shape index (κ2) is 8.93. The Morgan fingerprint density at radius 1 is 1.07 bits per heavy atom. The van der Waals surface area contributed by atoms with Gasteiger partial charge in [0.2, 0.25) is 0 Å². The van der Waals surface area contributed by atoms with E-state index in [1.807, 2.05) is 42.7 Å². The molecule has 1 amide bonds. The third kappa shape index (κ3) is 4.31. The van der Waals surface area contributed by atoms with Crippen LogP contribution < -0.4 is 5.32 Å². The van der Waals surface area contributed by atoms with Crippen LogP contribution in [0.3, 0.4) is 0 Å². The number of esters is 1. The number of rotatable bonds is 5. The minimum Gasteiger partial charge on any atom is -0.465 e. The van der Waals surface area contributed by atoms with Gasteiger partial charge in [-0.05, 0) is 61.9 Å². The Balaban J connectivity index is 1.96. The number of nitriles is 1. The third-order valence-corrected chi connectivity index (χ3v) is 4.69. The van der Waals surface area contributed by atoms with Crippen LogP contribution in [-0.4, -0.2) is 23.6 Å². The number of amides is 1. The van der Waals surface area contributed by atoms with Gasteiger partial charge < -0.3 is 14.6 Å². The third-order valence-electron chi connectivity index (χ3n) is 4.69. The van der Waals surface area contributed by atoms with Crippen LogP contribution in [0, 0.1) is 25.2 Å². The lowest BCUT2D eigenvalue weighted by Crippen LogP contribution is -2.13. The Morgan fingerprint density at radius 3 is 2.47 bits per heavy atom. The van der Waals surface area contributed by atoms with Crippen molar-refractivity contribution in [1.29, 1.82) is 5.26 Å². The van der Waals surface area contributed by atoms with E-state index in [2.05, 4.69) is 5.32 Å².